The number of likely N-dealkylation sites (tertiary alicyclic amines) is 1. The largest absolute Gasteiger partial charge is 0.334 e. The molecule has 2 amide bonds. The molecule has 2 heterocycles. The molecule has 0 bridgehead atoms. The van der Waals surface area contributed by atoms with E-state index in [1.165, 1.54) is 32.1 Å². The quantitative estimate of drug-likeness (QED) is 0.847. The van der Waals surface area contributed by atoms with Crippen molar-refractivity contribution >= 4 is 15.9 Å². The van der Waals surface area contributed by atoms with Crippen LogP contribution in [0.15, 0.2) is 0 Å². The van der Waals surface area contributed by atoms with Crippen LogP contribution in [0.25, 0.3) is 0 Å². The van der Waals surface area contributed by atoms with E-state index in [-0.39, 0.29) is 23.6 Å². The molecule has 5 nitrogen and oxygen atoms in total. The minimum absolute atomic E-state index is 0.0369. The topological polar surface area (TPSA) is 66.5 Å². The van der Waals surface area contributed by atoms with Crippen LogP contribution in [0.2, 0.25) is 0 Å². The fraction of sp³-hybridized carbons (Fsp3) is 0.933. The van der Waals surface area contributed by atoms with Gasteiger partial charge < -0.3 is 10.2 Å². The summed E-state index contributed by atoms with van der Waals surface area (Å²) in [7, 11) is -2.93. The lowest BCUT2D eigenvalue weighted by molar-refractivity contribution is 0.154. The highest BCUT2D eigenvalue weighted by molar-refractivity contribution is 7.91. The van der Waals surface area contributed by atoms with Crippen LogP contribution in [0.3, 0.4) is 0 Å². The van der Waals surface area contributed by atoms with Crippen molar-refractivity contribution in [2.24, 2.45) is 5.92 Å². The Kier molecular flexibility index (Phi) is 4.43. The first kappa shape index (κ1) is 15.1. The van der Waals surface area contributed by atoms with E-state index >= 15 is 0 Å². The number of hydrogen-bond donors (Lipinski definition) is 1. The molecule has 2 saturated heterocycles. The van der Waals surface area contributed by atoms with Crippen LogP contribution >= 0.6 is 0 Å². The predicted octanol–water partition coefficient (Wildman–Crippen LogP) is 1.93. The molecular weight excluding hydrogens is 288 g/mol. The Balaban J connectivity index is 1.58. The molecule has 0 aromatic heterocycles. The second kappa shape index (κ2) is 6.15. The average molecular weight is 314 g/mol. The van der Waals surface area contributed by atoms with Crippen LogP contribution in [0.1, 0.15) is 51.4 Å². The lowest BCUT2D eigenvalue weighted by Gasteiger charge is -2.34. The maximum absolute atomic E-state index is 12.5. The summed E-state index contributed by atoms with van der Waals surface area (Å²) in [6.45, 7) is 0.826. The number of amides is 2. The molecule has 1 aliphatic carbocycles. The number of rotatable bonds is 2. The Hall–Kier alpha value is -0.780. The van der Waals surface area contributed by atoms with Gasteiger partial charge in [-0.15, -0.1) is 0 Å². The number of nitrogens with one attached hydrogen (secondary N) is 1. The van der Waals surface area contributed by atoms with Crippen LogP contribution in [0.4, 0.5) is 4.79 Å². The van der Waals surface area contributed by atoms with Gasteiger partial charge >= 0.3 is 6.03 Å². The summed E-state index contributed by atoms with van der Waals surface area (Å²) in [6.07, 6.45) is 9.15. The average Bonchev–Trinajstić information content (AvgIpc) is 3.06. The summed E-state index contributed by atoms with van der Waals surface area (Å²) < 4.78 is 23.0. The zero-order chi connectivity index (χ0) is 14.9. The minimum atomic E-state index is -2.93. The number of hydrogen-bond acceptors (Lipinski definition) is 3. The molecule has 3 rings (SSSR count). The maximum atomic E-state index is 12.5. The highest BCUT2D eigenvalue weighted by atomic mass is 32.2. The van der Waals surface area contributed by atoms with Crippen LogP contribution in [0.5, 0.6) is 0 Å². The van der Waals surface area contributed by atoms with Crippen molar-refractivity contribution in [3.63, 3.8) is 0 Å². The smallest absolute Gasteiger partial charge is 0.317 e. The number of carbonyl (C=O) groups excluding carboxylic acids is 1. The molecule has 0 aromatic rings. The van der Waals surface area contributed by atoms with Crippen molar-refractivity contribution in [1.82, 2.24) is 10.2 Å². The Bertz CT molecular complexity index is 485. The van der Waals surface area contributed by atoms with Crippen molar-refractivity contribution in [1.29, 1.82) is 0 Å². The second-order valence-corrected chi connectivity index (χ2v) is 9.08. The molecule has 21 heavy (non-hydrogen) atoms. The van der Waals surface area contributed by atoms with Gasteiger partial charge in [0.25, 0.3) is 0 Å². The van der Waals surface area contributed by atoms with Gasteiger partial charge in [-0.3, -0.25) is 0 Å². The number of sulfone groups is 1. The van der Waals surface area contributed by atoms with E-state index in [0.29, 0.717) is 18.4 Å². The van der Waals surface area contributed by atoms with Crippen LogP contribution in [-0.2, 0) is 9.84 Å². The summed E-state index contributed by atoms with van der Waals surface area (Å²) in [5.74, 6) is 0.976. The highest BCUT2D eigenvalue weighted by Crippen LogP contribution is 2.34. The maximum Gasteiger partial charge on any atom is 0.317 e. The molecule has 6 heteroatoms. The summed E-state index contributed by atoms with van der Waals surface area (Å²) >= 11 is 0. The van der Waals surface area contributed by atoms with E-state index in [2.05, 4.69) is 5.32 Å². The Morgan fingerprint density at radius 3 is 2.43 bits per heavy atom. The molecule has 3 fully saturated rings. The molecule has 0 aromatic carbocycles. The van der Waals surface area contributed by atoms with E-state index in [1.54, 1.807) is 0 Å². The highest BCUT2D eigenvalue weighted by Gasteiger charge is 2.37. The normalized spacial score (nSPS) is 33.2. The van der Waals surface area contributed by atoms with Crippen LogP contribution in [-0.4, -0.2) is 49.5 Å². The van der Waals surface area contributed by atoms with Gasteiger partial charge in [0.2, 0.25) is 0 Å². The first-order valence-electron chi connectivity index (χ1n) is 8.33. The summed E-state index contributed by atoms with van der Waals surface area (Å²) in [4.78, 5) is 14.5. The van der Waals surface area contributed by atoms with Gasteiger partial charge in [-0.25, -0.2) is 13.2 Å². The van der Waals surface area contributed by atoms with Gasteiger partial charge in [0.05, 0.1) is 11.5 Å². The molecular formula is C15H26N2O3S. The SMILES string of the molecule is O=C(N[C@@H]1CCS(=O)(=O)C1)N1CCC[C@H]1C1CCCCC1. The van der Waals surface area contributed by atoms with Crippen molar-refractivity contribution in [3.05, 3.63) is 0 Å². The summed E-state index contributed by atoms with van der Waals surface area (Å²) in [5, 5.41) is 2.95. The van der Waals surface area contributed by atoms with Crippen LogP contribution < -0.4 is 5.32 Å². The molecule has 3 aliphatic rings. The first-order valence-corrected chi connectivity index (χ1v) is 10.1. The van der Waals surface area contributed by atoms with Gasteiger partial charge in [-0.05, 0) is 38.0 Å². The zero-order valence-electron chi connectivity index (χ0n) is 12.6. The first-order chi connectivity index (χ1) is 10.1. The molecule has 2 atom stereocenters. The van der Waals surface area contributed by atoms with Gasteiger partial charge in [-0.2, -0.15) is 0 Å². The Morgan fingerprint density at radius 1 is 1.00 bits per heavy atom. The molecule has 2 aliphatic heterocycles. The molecule has 120 valence electrons. The van der Waals surface area contributed by atoms with E-state index in [9.17, 15) is 13.2 Å². The van der Waals surface area contributed by atoms with Gasteiger partial charge in [0.15, 0.2) is 9.84 Å². The van der Waals surface area contributed by atoms with Crippen molar-refractivity contribution < 1.29 is 13.2 Å². The van der Waals surface area contributed by atoms with Crippen LogP contribution in [0, 0.1) is 5.92 Å². The monoisotopic (exact) mass is 314 g/mol. The third-order valence-corrected chi connectivity index (χ3v) is 7.08. The van der Waals surface area contributed by atoms with Gasteiger partial charge in [0, 0.05) is 18.6 Å². The number of carbonyl (C=O) groups is 1. The lowest BCUT2D eigenvalue weighted by Crippen LogP contribution is -2.49. The number of urea groups is 1. The standard InChI is InChI=1S/C15H26N2O3S/c18-15(16-13-8-10-21(19,20)11-13)17-9-4-7-14(17)12-5-2-1-3-6-12/h12-14H,1-11H2,(H,16,18)/t13-,14+/m1/s1. The molecule has 0 unspecified atom stereocenters. The Labute approximate surface area is 127 Å². The van der Waals surface area contributed by atoms with E-state index in [0.717, 1.165) is 19.4 Å². The van der Waals surface area contributed by atoms with Gasteiger partial charge in [-0.1, -0.05) is 19.3 Å². The fourth-order valence-electron chi connectivity index (χ4n) is 4.22. The third kappa shape index (κ3) is 3.52. The zero-order valence-corrected chi connectivity index (χ0v) is 13.4. The molecule has 1 saturated carbocycles. The van der Waals surface area contributed by atoms with E-state index < -0.39 is 9.84 Å². The third-order valence-electron chi connectivity index (χ3n) is 5.31. The van der Waals surface area contributed by atoms with Gasteiger partial charge in [0.1, 0.15) is 0 Å². The summed E-state index contributed by atoms with van der Waals surface area (Å²) in [5.41, 5.74) is 0. The second-order valence-electron chi connectivity index (χ2n) is 6.85. The number of nitrogens with zero attached hydrogens (tertiary/aromatic N) is 1. The lowest BCUT2D eigenvalue weighted by atomic mass is 9.83. The van der Waals surface area contributed by atoms with Crippen molar-refractivity contribution in [3.8, 4) is 0 Å². The van der Waals surface area contributed by atoms with Crippen molar-refractivity contribution in [2.75, 3.05) is 18.1 Å². The Morgan fingerprint density at radius 2 is 1.76 bits per heavy atom. The molecule has 0 spiro atoms. The minimum Gasteiger partial charge on any atom is -0.334 e. The molecule has 0 radical (unpaired) electrons. The van der Waals surface area contributed by atoms with E-state index in [1.807, 2.05) is 4.90 Å². The fourth-order valence-corrected chi connectivity index (χ4v) is 5.89. The van der Waals surface area contributed by atoms with E-state index in [4.69, 9.17) is 0 Å². The predicted molar refractivity (Wildman–Crippen MR) is 81.9 cm³/mol. The summed E-state index contributed by atoms with van der Waals surface area (Å²) in [6, 6.07) is 0.156. The molecule has 1 N–H and O–H groups in total. The van der Waals surface area contributed by atoms with Crippen molar-refractivity contribution in [2.45, 2.75) is 63.5 Å².